The predicted octanol–water partition coefficient (Wildman–Crippen LogP) is 1.54. The zero-order valence-electron chi connectivity index (χ0n) is 14.1. The Bertz CT molecular complexity index is 804. The standard InChI is InChI=1S/C19H22N4O2/c24-18-9-8-17(20-21-18)22-10-12-23(13-11-22)19(25)16-7-3-5-14-4-1-2-6-15(14)16/h1-2,4,6,8-9,16H,3,5,7,10-13H2,(H,21,24)/t16-/m1/s1. The molecule has 1 fully saturated rings. The highest BCUT2D eigenvalue weighted by Crippen LogP contribution is 2.33. The number of nitrogens with zero attached hydrogens (tertiary/aromatic N) is 3. The topological polar surface area (TPSA) is 69.3 Å². The molecule has 1 N–H and O–H groups in total. The van der Waals surface area contributed by atoms with Gasteiger partial charge in [0.1, 0.15) is 5.82 Å². The lowest BCUT2D eigenvalue weighted by molar-refractivity contribution is -0.133. The van der Waals surface area contributed by atoms with Gasteiger partial charge in [0.25, 0.3) is 5.56 Å². The largest absolute Gasteiger partial charge is 0.352 e. The number of nitrogens with one attached hydrogen (secondary N) is 1. The lowest BCUT2D eigenvalue weighted by Gasteiger charge is -2.37. The summed E-state index contributed by atoms with van der Waals surface area (Å²) in [5.74, 6) is 1.01. The number of benzene rings is 1. The Labute approximate surface area is 146 Å². The molecule has 25 heavy (non-hydrogen) atoms. The van der Waals surface area contributed by atoms with Crippen LogP contribution in [-0.4, -0.2) is 47.2 Å². The van der Waals surface area contributed by atoms with E-state index in [1.165, 1.54) is 17.2 Å². The van der Waals surface area contributed by atoms with Crippen LogP contribution < -0.4 is 10.5 Å². The minimum Gasteiger partial charge on any atom is -0.352 e. The Morgan fingerprint density at radius 3 is 2.64 bits per heavy atom. The van der Waals surface area contributed by atoms with Crippen LogP contribution in [0.4, 0.5) is 5.82 Å². The highest BCUT2D eigenvalue weighted by atomic mass is 16.2. The molecule has 1 aromatic heterocycles. The summed E-state index contributed by atoms with van der Waals surface area (Å²) in [7, 11) is 0. The van der Waals surface area contributed by atoms with Gasteiger partial charge in [0.2, 0.25) is 5.91 Å². The maximum absolute atomic E-state index is 13.0. The first-order valence-electron chi connectivity index (χ1n) is 8.89. The van der Waals surface area contributed by atoms with E-state index in [-0.39, 0.29) is 17.4 Å². The summed E-state index contributed by atoms with van der Waals surface area (Å²) in [5.41, 5.74) is 2.33. The van der Waals surface area contributed by atoms with E-state index in [9.17, 15) is 9.59 Å². The minimum atomic E-state index is -0.200. The van der Waals surface area contributed by atoms with E-state index in [1.807, 2.05) is 11.0 Å². The molecule has 1 aliphatic heterocycles. The Morgan fingerprint density at radius 2 is 1.88 bits per heavy atom. The van der Waals surface area contributed by atoms with Crippen molar-refractivity contribution in [2.45, 2.75) is 25.2 Å². The van der Waals surface area contributed by atoms with Gasteiger partial charge in [-0.05, 0) is 36.5 Å². The third-order valence-electron chi connectivity index (χ3n) is 5.25. The molecule has 0 unspecified atom stereocenters. The predicted molar refractivity (Wildman–Crippen MR) is 95.8 cm³/mol. The van der Waals surface area contributed by atoms with Gasteiger partial charge in [-0.2, -0.15) is 5.10 Å². The van der Waals surface area contributed by atoms with Crippen LogP contribution in [0.5, 0.6) is 0 Å². The molecule has 2 heterocycles. The Balaban J connectivity index is 1.44. The number of hydrogen-bond donors (Lipinski definition) is 1. The van der Waals surface area contributed by atoms with Crippen LogP contribution in [0.25, 0.3) is 0 Å². The Hall–Kier alpha value is -2.63. The number of fused-ring (bicyclic) bond motifs is 1. The average molecular weight is 338 g/mol. The molecule has 0 saturated carbocycles. The monoisotopic (exact) mass is 338 g/mol. The number of amides is 1. The first-order valence-corrected chi connectivity index (χ1v) is 8.89. The lowest BCUT2D eigenvalue weighted by atomic mass is 9.82. The molecule has 130 valence electrons. The number of aryl methyl sites for hydroxylation is 1. The summed E-state index contributed by atoms with van der Waals surface area (Å²) in [6.45, 7) is 2.86. The fraction of sp³-hybridized carbons (Fsp3) is 0.421. The van der Waals surface area contributed by atoms with Crippen LogP contribution in [0, 0.1) is 0 Å². The van der Waals surface area contributed by atoms with Gasteiger partial charge in [-0.3, -0.25) is 9.59 Å². The lowest BCUT2D eigenvalue weighted by Crippen LogP contribution is -2.50. The number of aromatic amines is 1. The normalized spacial score (nSPS) is 20.2. The van der Waals surface area contributed by atoms with E-state index < -0.39 is 0 Å². The van der Waals surface area contributed by atoms with Crippen molar-refractivity contribution < 1.29 is 4.79 Å². The fourth-order valence-electron chi connectivity index (χ4n) is 3.90. The third kappa shape index (κ3) is 3.16. The SMILES string of the molecule is O=C([C@@H]1CCCc2ccccc21)N1CCN(c2ccc(=O)[nH]n2)CC1. The molecule has 4 rings (SSSR count). The minimum absolute atomic E-state index is 0.00250. The van der Waals surface area contributed by atoms with E-state index in [0.29, 0.717) is 13.1 Å². The van der Waals surface area contributed by atoms with Crippen molar-refractivity contribution in [2.24, 2.45) is 0 Å². The van der Waals surface area contributed by atoms with Gasteiger partial charge >= 0.3 is 0 Å². The van der Waals surface area contributed by atoms with Gasteiger partial charge in [-0.15, -0.1) is 0 Å². The van der Waals surface area contributed by atoms with Gasteiger partial charge in [0.15, 0.2) is 0 Å². The fourth-order valence-corrected chi connectivity index (χ4v) is 3.90. The number of carbonyl (C=O) groups excluding carboxylic acids is 1. The van der Waals surface area contributed by atoms with E-state index in [2.05, 4.69) is 33.3 Å². The van der Waals surface area contributed by atoms with Gasteiger partial charge in [-0.25, -0.2) is 5.10 Å². The van der Waals surface area contributed by atoms with E-state index in [4.69, 9.17) is 0 Å². The number of piperazine rings is 1. The second kappa shape index (κ2) is 6.70. The molecule has 0 spiro atoms. The summed E-state index contributed by atoms with van der Waals surface area (Å²) in [5, 5.41) is 6.54. The van der Waals surface area contributed by atoms with Crippen LogP contribution in [0.1, 0.15) is 29.9 Å². The van der Waals surface area contributed by atoms with E-state index in [1.54, 1.807) is 6.07 Å². The smallest absolute Gasteiger partial charge is 0.264 e. The average Bonchev–Trinajstić information content (AvgIpc) is 2.68. The summed E-state index contributed by atoms with van der Waals surface area (Å²) >= 11 is 0. The Morgan fingerprint density at radius 1 is 1.08 bits per heavy atom. The molecule has 0 bridgehead atoms. The summed E-state index contributed by atoms with van der Waals surface area (Å²) in [6.07, 6.45) is 3.10. The van der Waals surface area contributed by atoms with Crippen LogP contribution in [0.15, 0.2) is 41.2 Å². The molecule has 1 aliphatic carbocycles. The molecule has 6 heteroatoms. The van der Waals surface area contributed by atoms with Gasteiger partial charge in [-0.1, -0.05) is 24.3 Å². The number of aromatic nitrogens is 2. The summed E-state index contributed by atoms with van der Waals surface area (Å²) in [4.78, 5) is 28.3. The molecular weight excluding hydrogens is 316 g/mol. The second-order valence-electron chi connectivity index (χ2n) is 6.74. The van der Waals surface area contributed by atoms with Crippen molar-refractivity contribution >= 4 is 11.7 Å². The molecule has 2 aliphatic rings. The van der Waals surface area contributed by atoms with Crippen molar-refractivity contribution in [1.82, 2.24) is 15.1 Å². The Kier molecular flexibility index (Phi) is 4.26. The zero-order chi connectivity index (χ0) is 17.2. The van der Waals surface area contributed by atoms with Crippen molar-refractivity contribution in [3.05, 3.63) is 57.9 Å². The molecule has 1 saturated heterocycles. The highest BCUT2D eigenvalue weighted by molar-refractivity contribution is 5.84. The number of rotatable bonds is 2. The van der Waals surface area contributed by atoms with Gasteiger partial charge in [0, 0.05) is 32.2 Å². The first-order chi connectivity index (χ1) is 12.2. The molecule has 1 amide bonds. The number of hydrogen-bond acceptors (Lipinski definition) is 4. The second-order valence-corrected chi connectivity index (χ2v) is 6.74. The number of anilines is 1. The van der Waals surface area contributed by atoms with E-state index in [0.717, 1.165) is 38.2 Å². The molecule has 6 nitrogen and oxygen atoms in total. The van der Waals surface area contributed by atoms with Crippen LogP contribution in [-0.2, 0) is 11.2 Å². The maximum atomic E-state index is 13.0. The molecule has 1 atom stereocenters. The van der Waals surface area contributed by atoms with Crippen LogP contribution >= 0.6 is 0 Å². The summed E-state index contributed by atoms with van der Waals surface area (Å²) in [6, 6.07) is 11.6. The van der Waals surface area contributed by atoms with Crippen LogP contribution in [0.3, 0.4) is 0 Å². The van der Waals surface area contributed by atoms with Crippen LogP contribution in [0.2, 0.25) is 0 Å². The van der Waals surface area contributed by atoms with Crippen molar-refractivity contribution in [1.29, 1.82) is 0 Å². The van der Waals surface area contributed by atoms with Crippen molar-refractivity contribution in [2.75, 3.05) is 31.1 Å². The molecule has 1 aromatic carbocycles. The molecule has 0 radical (unpaired) electrons. The number of carbonyl (C=O) groups is 1. The van der Waals surface area contributed by atoms with E-state index >= 15 is 0 Å². The molecular formula is C19H22N4O2. The number of H-pyrrole nitrogens is 1. The zero-order valence-corrected chi connectivity index (χ0v) is 14.1. The quantitative estimate of drug-likeness (QED) is 0.902. The van der Waals surface area contributed by atoms with Crippen molar-refractivity contribution in [3.8, 4) is 0 Å². The summed E-state index contributed by atoms with van der Waals surface area (Å²) < 4.78 is 0. The maximum Gasteiger partial charge on any atom is 0.264 e. The van der Waals surface area contributed by atoms with Gasteiger partial charge in [0.05, 0.1) is 5.92 Å². The van der Waals surface area contributed by atoms with Crippen molar-refractivity contribution in [3.63, 3.8) is 0 Å². The highest BCUT2D eigenvalue weighted by Gasteiger charge is 2.31. The molecule has 2 aromatic rings. The third-order valence-corrected chi connectivity index (χ3v) is 5.25. The first kappa shape index (κ1) is 15.9. The van der Waals surface area contributed by atoms with Gasteiger partial charge < -0.3 is 9.80 Å².